The Morgan fingerprint density at radius 2 is 2.08 bits per heavy atom. The SMILES string of the molecule is CN(Cc1nnc(C2CC2)n1C)C(=O)c1c(O)cnc2ccccc12. The first-order valence-electron chi connectivity index (χ1n) is 8.26. The number of hydrogen-bond donors (Lipinski definition) is 1. The van der Waals surface area contributed by atoms with Crippen LogP contribution in [0.15, 0.2) is 30.5 Å². The van der Waals surface area contributed by atoms with Crippen molar-refractivity contribution < 1.29 is 9.90 Å². The molecule has 0 aliphatic heterocycles. The zero-order valence-electron chi connectivity index (χ0n) is 14.2. The Kier molecular flexibility index (Phi) is 3.63. The summed E-state index contributed by atoms with van der Waals surface area (Å²) in [5.74, 6) is 1.82. The summed E-state index contributed by atoms with van der Waals surface area (Å²) in [7, 11) is 3.63. The molecule has 0 radical (unpaired) electrons. The lowest BCUT2D eigenvalue weighted by atomic mass is 10.1. The first-order valence-corrected chi connectivity index (χ1v) is 8.26. The Balaban J connectivity index is 1.64. The largest absolute Gasteiger partial charge is 0.505 e. The van der Waals surface area contributed by atoms with Crippen LogP contribution < -0.4 is 0 Å². The molecule has 7 nitrogen and oxygen atoms in total. The summed E-state index contributed by atoms with van der Waals surface area (Å²) in [6.45, 7) is 0.325. The van der Waals surface area contributed by atoms with E-state index in [4.69, 9.17) is 0 Å². The predicted octanol–water partition coefficient (Wildman–Crippen LogP) is 2.22. The molecule has 1 fully saturated rings. The van der Waals surface area contributed by atoms with E-state index in [1.807, 2.05) is 29.8 Å². The zero-order chi connectivity index (χ0) is 17.6. The molecule has 25 heavy (non-hydrogen) atoms. The van der Waals surface area contributed by atoms with Crippen LogP contribution in [0.5, 0.6) is 5.75 Å². The Morgan fingerprint density at radius 1 is 1.32 bits per heavy atom. The molecule has 4 rings (SSSR count). The molecule has 0 spiro atoms. The third kappa shape index (κ3) is 2.71. The van der Waals surface area contributed by atoms with Gasteiger partial charge in [0.25, 0.3) is 5.91 Å². The summed E-state index contributed by atoms with van der Waals surface area (Å²) in [6.07, 6.45) is 3.62. The maximum atomic E-state index is 12.9. The summed E-state index contributed by atoms with van der Waals surface area (Å²) in [4.78, 5) is 18.6. The minimum absolute atomic E-state index is 0.118. The summed E-state index contributed by atoms with van der Waals surface area (Å²) in [5, 5.41) is 19.3. The van der Waals surface area contributed by atoms with E-state index in [0.29, 0.717) is 23.4 Å². The van der Waals surface area contributed by atoms with Gasteiger partial charge in [-0.15, -0.1) is 10.2 Å². The van der Waals surface area contributed by atoms with Crippen molar-refractivity contribution in [2.24, 2.45) is 7.05 Å². The molecule has 1 aromatic carbocycles. The molecule has 2 heterocycles. The molecular weight excluding hydrogens is 318 g/mol. The monoisotopic (exact) mass is 337 g/mol. The fraction of sp³-hybridized carbons (Fsp3) is 0.333. The highest BCUT2D eigenvalue weighted by Gasteiger charge is 2.30. The Labute approximate surface area is 144 Å². The van der Waals surface area contributed by atoms with Crippen LogP contribution in [-0.2, 0) is 13.6 Å². The number of amides is 1. The normalized spacial score (nSPS) is 14.0. The van der Waals surface area contributed by atoms with Gasteiger partial charge in [-0.05, 0) is 18.9 Å². The number of para-hydroxylation sites is 1. The average Bonchev–Trinajstić information content (AvgIpc) is 3.39. The smallest absolute Gasteiger partial charge is 0.258 e. The van der Waals surface area contributed by atoms with Gasteiger partial charge in [-0.25, -0.2) is 0 Å². The van der Waals surface area contributed by atoms with Crippen LogP contribution in [0.4, 0.5) is 0 Å². The van der Waals surface area contributed by atoms with Crippen molar-refractivity contribution >= 4 is 16.8 Å². The number of pyridine rings is 1. The molecule has 0 atom stereocenters. The molecule has 1 aliphatic rings. The highest BCUT2D eigenvalue weighted by atomic mass is 16.3. The Morgan fingerprint density at radius 3 is 2.84 bits per heavy atom. The van der Waals surface area contributed by atoms with Crippen LogP contribution in [0.25, 0.3) is 10.9 Å². The van der Waals surface area contributed by atoms with Gasteiger partial charge in [0.1, 0.15) is 11.6 Å². The minimum atomic E-state index is -0.271. The highest BCUT2D eigenvalue weighted by Crippen LogP contribution is 2.38. The minimum Gasteiger partial charge on any atom is -0.505 e. The number of nitrogens with zero attached hydrogens (tertiary/aromatic N) is 5. The van der Waals surface area contributed by atoms with E-state index in [1.165, 1.54) is 6.20 Å². The second kappa shape index (κ2) is 5.84. The predicted molar refractivity (Wildman–Crippen MR) is 92.2 cm³/mol. The molecule has 0 saturated heterocycles. The van der Waals surface area contributed by atoms with Gasteiger partial charge in [-0.2, -0.15) is 0 Å². The number of carbonyl (C=O) groups excluding carboxylic acids is 1. The Hall–Kier alpha value is -2.96. The van der Waals surface area contributed by atoms with Crippen molar-refractivity contribution in [2.45, 2.75) is 25.3 Å². The highest BCUT2D eigenvalue weighted by molar-refractivity contribution is 6.08. The van der Waals surface area contributed by atoms with Gasteiger partial charge >= 0.3 is 0 Å². The standard InChI is InChI=1S/C18H19N5O2/c1-22(10-15-20-21-17(23(15)2)11-7-8-11)18(25)16-12-5-3-4-6-13(12)19-9-14(16)24/h3-6,9,11,24H,7-8,10H2,1-2H3. The number of carbonyl (C=O) groups is 1. The van der Waals surface area contributed by atoms with E-state index in [9.17, 15) is 9.90 Å². The molecule has 1 saturated carbocycles. The fourth-order valence-corrected chi connectivity index (χ4v) is 3.04. The van der Waals surface area contributed by atoms with E-state index in [2.05, 4.69) is 15.2 Å². The molecule has 1 N–H and O–H groups in total. The second-order valence-electron chi connectivity index (χ2n) is 6.50. The van der Waals surface area contributed by atoms with Gasteiger partial charge in [0.2, 0.25) is 0 Å². The Bertz CT molecular complexity index is 961. The number of rotatable bonds is 4. The van der Waals surface area contributed by atoms with Crippen molar-refractivity contribution in [1.29, 1.82) is 0 Å². The molecule has 1 aliphatic carbocycles. The van der Waals surface area contributed by atoms with Gasteiger partial charge in [0.15, 0.2) is 5.82 Å². The lowest BCUT2D eigenvalue weighted by molar-refractivity contribution is 0.0779. The molecule has 7 heteroatoms. The zero-order valence-corrected chi connectivity index (χ0v) is 14.2. The lowest BCUT2D eigenvalue weighted by Crippen LogP contribution is -2.28. The average molecular weight is 337 g/mol. The van der Waals surface area contributed by atoms with Crippen LogP contribution in [0.2, 0.25) is 0 Å². The van der Waals surface area contributed by atoms with Gasteiger partial charge in [0.05, 0.1) is 23.8 Å². The number of fused-ring (bicyclic) bond motifs is 1. The fourth-order valence-electron chi connectivity index (χ4n) is 3.04. The summed E-state index contributed by atoms with van der Waals surface area (Å²) < 4.78 is 1.96. The first kappa shape index (κ1) is 15.6. The van der Waals surface area contributed by atoms with E-state index >= 15 is 0 Å². The van der Waals surface area contributed by atoms with E-state index in [1.54, 1.807) is 18.0 Å². The first-order chi connectivity index (χ1) is 12.1. The second-order valence-corrected chi connectivity index (χ2v) is 6.50. The molecule has 2 aromatic heterocycles. The van der Waals surface area contributed by atoms with E-state index in [-0.39, 0.29) is 17.2 Å². The number of hydrogen-bond acceptors (Lipinski definition) is 5. The van der Waals surface area contributed by atoms with Crippen molar-refractivity contribution in [3.63, 3.8) is 0 Å². The summed E-state index contributed by atoms with van der Waals surface area (Å²) >= 11 is 0. The lowest BCUT2D eigenvalue weighted by Gasteiger charge is -2.18. The topological polar surface area (TPSA) is 84.1 Å². The van der Waals surface area contributed by atoms with Gasteiger partial charge in [-0.1, -0.05) is 18.2 Å². The van der Waals surface area contributed by atoms with Crippen LogP contribution >= 0.6 is 0 Å². The molecule has 0 bridgehead atoms. The van der Waals surface area contributed by atoms with Gasteiger partial charge in [-0.3, -0.25) is 9.78 Å². The van der Waals surface area contributed by atoms with E-state index in [0.717, 1.165) is 24.5 Å². The van der Waals surface area contributed by atoms with Crippen molar-refractivity contribution in [2.75, 3.05) is 7.05 Å². The van der Waals surface area contributed by atoms with Crippen LogP contribution in [-0.4, -0.2) is 42.7 Å². The van der Waals surface area contributed by atoms with Crippen LogP contribution in [0.3, 0.4) is 0 Å². The van der Waals surface area contributed by atoms with Crippen LogP contribution in [0, 0.1) is 0 Å². The van der Waals surface area contributed by atoms with Crippen LogP contribution in [0.1, 0.15) is 40.8 Å². The molecule has 3 aromatic rings. The van der Waals surface area contributed by atoms with Gasteiger partial charge in [0, 0.05) is 25.4 Å². The maximum absolute atomic E-state index is 12.9. The number of aromatic hydroxyl groups is 1. The van der Waals surface area contributed by atoms with Crippen molar-refractivity contribution in [3.8, 4) is 5.75 Å². The number of aromatic nitrogens is 4. The molecule has 128 valence electrons. The quantitative estimate of drug-likeness (QED) is 0.789. The summed E-state index contributed by atoms with van der Waals surface area (Å²) in [6, 6.07) is 7.28. The third-order valence-corrected chi connectivity index (χ3v) is 4.64. The third-order valence-electron chi connectivity index (χ3n) is 4.64. The number of benzene rings is 1. The van der Waals surface area contributed by atoms with E-state index < -0.39 is 0 Å². The van der Waals surface area contributed by atoms with Gasteiger partial charge < -0.3 is 14.6 Å². The molecule has 0 unspecified atom stereocenters. The maximum Gasteiger partial charge on any atom is 0.258 e. The molecule has 1 amide bonds. The van der Waals surface area contributed by atoms with Crippen molar-refractivity contribution in [1.82, 2.24) is 24.6 Å². The van der Waals surface area contributed by atoms with Crippen molar-refractivity contribution in [3.05, 3.63) is 47.7 Å². The molecular formula is C18H19N5O2. The summed E-state index contributed by atoms with van der Waals surface area (Å²) in [5.41, 5.74) is 0.935.